The first kappa shape index (κ1) is 19.8. The van der Waals surface area contributed by atoms with Crippen LogP contribution >= 0.6 is 0 Å². The fraction of sp³-hybridized carbons (Fsp3) is 1.00. The molecule has 122 valence electrons. The van der Waals surface area contributed by atoms with Gasteiger partial charge in [0.25, 0.3) is 0 Å². The fourth-order valence-corrected chi connectivity index (χ4v) is 1.83. The summed E-state index contributed by atoms with van der Waals surface area (Å²) < 4.78 is 22.5. The minimum absolute atomic E-state index is 0.618. The van der Waals surface area contributed by atoms with Gasteiger partial charge in [-0.15, -0.1) is 0 Å². The van der Waals surface area contributed by atoms with Crippen LogP contribution in [0.1, 0.15) is 20.3 Å². The largest absolute Gasteiger partial charge is 0.379 e. The molecule has 0 fully saturated rings. The molecule has 0 bridgehead atoms. The Morgan fingerprint density at radius 3 is 1.50 bits per heavy atom. The maximum Gasteiger partial charge on any atom is 0.102 e. The average Bonchev–Trinajstić information content (AvgIpc) is 2.40. The van der Waals surface area contributed by atoms with Crippen molar-refractivity contribution in [2.75, 3.05) is 80.0 Å². The Bertz CT molecular complexity index is 200. The van der Waals surface area contributed by atoms with Crippen LogP contribution in [0, 0.1) is 0 Å². The van der Waals surface area contributed by atoms with Gasteiger partial charge >= 0.3 is 0 Å². The van der Waals surface area contributed by atoms with E-state index in [0.29, 0.717) is 39.6 Å². The first-order chi connectivity index (χ1) is 9.62. The zero-order valence-corrected chi connectivity index (χ0v) is 13.9. The smallest absolute Gasteiger partial charge is 0.102 e. The highest BCUT2D eigenvalue weighted by Crippen LogP contribution is 1.98. The summed E-state index contributed by atoms with van der Waals surface area (Å²) in [7, 11) is 4.48. The van der Waals surface area contributed by atoms with Crippen LogP contribution in [0.5, 0.6) is 0 Å². The summed E-state index contributed by atoms with van der Waals surface area (Å²) in [5, 5.41) is 0. The fourth-order valence-electron chi connectivity index (χ4n) is 1.83. The van der Waals surface area contributed by atoms with Gasteiger partial charge in [0.05, 0.1) is 66.9 Å². The van der Waals surface area contributed by atoms with Gasteiger partial charge in [-0.3, -0.25) is 0 Å². The van der Waals surface area contributed by atoms with E-state index < -0.39 is 0 Å². The number of ether oxygens (including phenoxy) is 4. The molecule has 0 aliphatic heterocycles. The van der Waals surface area contributed by atoms with Gasteiger partial charge < -0.3 is 23.4 Å². The molecule has 5 heteroatoms. The third-order valence-electron chi connectivity index (χ3n) is 2.99. The Hall–Kier alpha value is -0.200. The lowest BCUT2D eigenvalue weighted by molar-refractivity contribution is -0.890. The lowest BCUT2D eigenvalue weighted by Gasteiger charge is -2.29. The molecule has 0 unspecified atom stereocenters. The Balaban J connectivity index is 3.13. The molecule has 0 saturated heterocycles. The summed E-state index contributed by atoms with van der Waals surface area (Å²) >= 11 is 0. The lowest BCUT2D eigenvalue weighted by atomic mass is 10.4. The van der Waals surface area contributed by atoms with E-state index in [1.807, 2.05) is 6.92 Å². The number of nitrogens with zero attached hydrogens (tertiary/aromatic N) is 1. The number of hydrogen-bond donors (Lipinski definition) is 0. The number of rotatable bonds is 15. The van der Waals surface area contributed by atoms with Crippen molar-refractivity contribution in [3.8, 4) is 0 Å². The molecule has 0 aromatic heterocycles. The highest BCUT2D eigenvalue weighted by atomic mass is 16.6. The molecule has 0 aliphatic rings. The highest BCUT2D eigenvalue weighted by Gasteiger charge is 2.12. The zero-order valence-electron chi connectivity index (χ0n) is 13.9. The second kappa shape index (κ2) is 13.8. The van der Waals surface area contributed by atoms with Gasteiger partial charge in [-0.25, -0.2) is 0 Å². The molecule has 0 amide bonds. The van der Waals surface area contributed by atoms with Crippen LogP contribution in [-0.4, -0.2) is 84.5 Å². The Labute approximate surface area is 124 Å². The lowest BCUT2D eigenvalue weighted by Crippen LogP contribution is -2.42. The van der Waals surface area contributed by atoms with E-state index in [-0.39, 0.29) is 0 Å². The monoisotopic (exact) mass is 292 g/mol. The topological polar surface area (TPSA) is 36.9 Å². The van der Waals surface area contributed by atoms with Crippen molar-refractivity contribution in [2.45, 2.75) is 20.3 Å². The molecule has 0 aromatic rings. The average molecular weight is 292 g/mol. The van der Waals surface area contributed by atoms with Crippen molar-refractivity contribution in [1.82, 2.24) is 0 Å². The summed E-state index contributed by atoms with van der Waals surface area (Å²) in [4.78, 5) is 0. The van der Waals surface area contributed by atoms with Gasteiger partial charge in [-0.1, -0.05) is 6.92 Å². The summed E-state index contributed by atoms with van der Waals surface area (Å²) in [6.07, 6.45) is 1.21. The summed E-state index contributed by atoms with van der Waals surface area (Å²) in [6, 6.07) is 0. The Morgan fingerprint density at radius 1 is 0.600 bits per heavy atom. The van der Waals surface area contributed by atoms with Gasteiger partial charge in [-0.2, -0.15) is 0 Å². The van der Waals surface area contributed by atoms with Crippen molar-refractivity contribution in [1.29, 1.82) is 0 Å². The first-order valence-corrected chi connectivity index (χ1v) is 7.75. The van der Waals surface area contributed by atoms with E-state index in [0.717, 1.165) is 24.2 Å². The highest BCUT2D eigenvalue weighted by molar-refractivity contribution is 4.37. The summed E-state index contributed by atoms with van der Waals surface area (Å²) in [6.45, 7) is 11.8. The summed E-state index contributed by atoms with van der Waals surface area (Å²) in [5.41, 5.74) is 0. The summed E-state index contributed by atoms with van der Waals surface area (Å²) in [5.74, 6) is 0. The minimum atomic E-state index is 0.618. The van der Waals surface area contributed by atoms with Crippen LogP contribution in [-0.2, 0) is 18.9 Å². The quantitative estimate of drug-likeness (QED) is 0.339. The predicted octanol–water partition coefficient (Wildman–Crippen LogP) is 1.56. The molecular weight excluding hydrogens is 258 g/mol. The normalized spacial score (nSPS) is 12.0. The maximum atomic E-state index is 5.57. The van der Waals surface area contributed by atoms with Crippen LogP contribution in [0.25, 0.3) is 0 Å². The molecule has 20 heavy (non-hydrogen) atoms. The Morgan fingerprint density at radius 2 is 1.05 bits per heavy atom. The van der Waals surface area contributed by atoms with Crippen LogP contribution in [0.15, 0.2) is 0 Å². The Kier molecular flexibility index (Phi) is 13.6. The second-order valence-corrected chi connectivity index (χ2v) is 5.42. The minimum Gasteiger partial charge on any atom is -0.379 e. The molecule has 5 nitrogen and oxygen atoms in total. The zero-order chi connectivity index (χ0) is 15.1. The number of quaternary nitrogens is 1. The van der Waals surface area contributed by atoms with Gasteiger partial charge in [0.15, 0.2) is 0 Å². The van der Waals surface area contributed by atoms with E-state index in [1.165, 1.54) is 13.0 Å². The molecule has 0 atom stereocenters. The molecule has 0 N–H and O–H groups in total. The predicted molar refractivity (Wildman–Crippen MR) is 81.1 cm³/mol. The standard InChI is InChI=1S/C15H34NO4/c1-5-7-16(3,4)8-9-18-12-13-20-15-14-19-11-10-17-6-2/h5-15H2,1-4H3/q+1. The van der Waals surface area contributed by atoms with E-state index in [9.17, 15) is 0 Å². The van der Waals surface area contributed by atoms with E-state index in [2.05, 4.69) is 21.0 Å². The number of hydrogen-bond acceptors (Lipinski definition) is 4. The van der Waals surface area contributed by atoms with E-state index >= 15 is 0 Å². The molecule has 0 saturated carbocycles. The van der Waals surface area contributed by atoms with Crippen LogP contribution < -0.4 is 0 Å². The molecular formula is C15H34NO4+. The van der Waals surface area contributed by atoms with Gasteiger partial charge in [0.1, 0.15) is 6.54 Å². The van der Waals surface area contributed by atoms with Crippen molar-refractivity contribution in [2.24, 2.45) is 0 Å². The van der Waals surface area contributed by atoms with Crippen molar-refractivity contribution < 1.29 is 23.4 Å². The second-order valence-electron chi connectivity index (χ2n) is 5.42. The van der Waals surface area contributed by atoms with Gasteiger partial charge in [0.2, 0.25) is 0 Å². The molecule has 0 spiro atoms. The molecule has 0 radical (unpaired) electrons. The van der Waals surface area contributed by atoms with Crippen molar-refractivity contribution in [3.63, 3.8) is 0 Å². The van der Waals surface area contributed by atoms with Crippen LogP contribution in [0.2, 0.25) is 0 Å². The molecule has 0 aliphatic carbocycles. The van der Waals surface area contributed by atoms with Crippen LogP contribution in [0.3, 0.4) is 0 Å². The van der Waals surface area contributed by atoms with Gasteiger partial charge in [-0.05, 0) is 13.3 Å². The SMILES string of the molecule is CCC[N+](C)(C)CCOCCOCCOCCOCC. The molecule has 0 aromatic carbocycles. The van der Waals surface area contributed by atoms with Crippen molar-refractivity contribution >= 4 is 0 Å². The third kappa shape index (κ3) is 14.2. The van der Waals surface area contributed by atoms with E-state index in [4.69, 9.17) is 18.9 Å². The van der Waals surface area contributed by atoms with Crippen LogP contribution in [0.4, 0.5) is 0 Å². The third-order valence-corrected chi connectivity index (χ3v) is 2.99. The number of likely N-dealkylation sites (N-methyl/N-ethyl adjacent to an activating group) is 1. The molecule has 0 rings (SSSR count). The van der Waals surface area contributed by atoms with Gasteiger partial charge in [0, 0.05) is 6.61 Å². The molecule has 0 heterocycles. The van der Waals surface area contributed by atoms with Crippen molar-refractivity contribution in [3.05, 3.63) is 0 Å². The first-order valence-electron chi connectivity index (χ1n) is 7.75. The van der Waals surface area contributed by atoms with E-state index in [1.54, 1.807) is 0 Å². The maximum absolute atomic E-state index is 5.57.